The molecule has 4 atom stereocenters. The van der Waals surface area contributed by atoms with Gasteiger partial charge in [0, 0.05) is 17.5 Å². The van der Waals surface area contributed by atoms with Gasteiger partial charge in [-0.3, -0.25) is 0 Å². The summed E-state index contributed by atoms with van der Waals surface area (Å²) in [6.07, 6.45) is 14.4. The van der Waals surface area contributed by atoms with E-state index in [1.54, 1.807) is 0 Å². The van der Waals surface area contributed by atoms with Crippen molar-refractivity contribution in [3.05, 3.63) is 112 Å². The highest BCUT2D eigenvalue weighted by atomic mass is 16.3. The molecule has 4 rings (SSSR count). The van der Waals surface area contributed by atoms with E-state index in [1.807, 2.05) is 26.0 Å². The van der Waals surface area contributed by atoms with Gasteiger partial charge in [0.25, 0.3) is 0 Å². The molecule has 2 heteroatoms. The molecule has 0 fully saturated rings. The fraction of sp³-hybridized carbons (Fsp3) is 0.375. The summed E-state index contributed by atoms with van der Waals surface area (Å²) in [4.78, 5) is 0. The molecular weight excluding hydrogens is 414 g/mol. The first-order valence-corrected chi connectivity index (χ1v) is 12.8. The van der Waals surface area contributed by atoms with E-state index in [9.17, 15) is 5.11 Å². The second-order valence-corrected chi connectivity index (χ2v) is 9.74. The van der Waals surface area contributed by atoms with Gasteiger partial charge in [0.15, 0.2) is 0 Å². The predicted molar refractivity (Wildman–Crippen MR) is 146 cm³/mol. The number of nitrogens with two attached hydrogens (primary N) is 1. The zero-order valence-corrected chi connectivity index (χ0v) is 21.5. The third kappa shape index (κ3) is 6.32. The molecule has 0 saturated heterocycles. The van der Waals surface area contributed by atoms with Crippen LogP contribution in [0.4, 0.5) is 0 Å². The van der Waals surface area contributed by atoms with Crippen LogP contribution >= 0.6 is 0 Å². The Morgan fingerprint density at radius 3 is 2.15 bits per heavy atom. The van der Waals surface area contributed by atoms with Crippen LogP contribution in [0.2, 0.25) is 0 Å². The van der Waals surface area contributed by atoms with Crippen LogP contribution in [0, 0.1) is 18.8 Å². The van der Waals surface area contributed by atoms with Gasteiger partial charge in [0.2, 0.25) is 0 Å². The summed E-state index contributed by atoms with van der Waals surface area (Å²) in [5, 5.41) is 9.98. The van der Waals surface area contributed by atoms with E-state index < -0.39 is 0 Å². The summed E-state index contributed by atoms with van der Waals surface area (Å²) >= 11 is 0. The van der Waals surface area contributed by atoms with E-state index in [0.29, 0.717) is 17.6 Å². The number of hydrogen-bond donors (Lipinski definition) is 2. The maximum atomic E-state index is 9.98. The lowest BCUT2D eigenvalue weighted by atomic mass is 9.67. The molecule has 0 radical (unpaired) electrons. The van der Waals surface area contributed by atoms with E-state index in [0.717, 1.165) is 25.0 Å². The maximum Gasteiger partial charge on any atom is 0.115 e. The second kappa shape index (κ2) is 11.9. The summed E-state index contributed by atoms with van der Waals surface area (Å²) in [5.74, 6) is 1.78. The number of phenols is 1. The Balaban J connectivity index is 0.00000158. The summed E-state index contributed by atoms with van der Waals surface area (Å²) < 4.78 is 0. The average Bonchev–Trinajstić information content (AvgIpc) is 3.01. The average molecular weight is 456 g/mol. The fourth-order valence-electron chi connectivity index (χ4n) is 5.37. The molecule has 0 amide bonds. The Morgan fingerprint density at radius 2 is 1.53 bits per heavy atom. The van der Waals surface area contributed by atoms with Crippen LogP contribution in [-0.2, 0) is 0 Å². The number of aromatic hydroxyl groups is 1. The van der Waals surface area contributed by atoms with Crippen molar-refractivity contribution in [3.8, 4) is 5.75 Å². The number of aryl methyl sites for hydroxylation is 1. The summed E-state index contributed by atoms with van der Waals surface area (Å²) in [6.45, 7) is 10.7. The van der Waals surface area contributed by atoms with Crippen LogP contribution in [0.5, 0.6) is 5.75 Å². The quantitative estimate of drug-likeness (QED) is 0.476. The van der Waals surface area contributed by atoms with Crippen molar-refractivity contribution in [2.24, 2.45) is 17.6 Å². The van der Waals surface area contributed by atoms with Gasteiger partial charge in [-0.25, -0.2) is 0 Å². The topological polar surface area (TPSA) is 46.2 Å². The van der Waals surface area contributed by atoms with Crippen LogP contribution in [0.3, 0.4) is 0 Å². The number of phenolic OH excluding ortho intramolecular Hbond substituents is 1. The highest BCUT2D eigenvalue weighted by molar-refractivity contribution is 5.42. The van der Waals surface area contributed by atoms with Crippen molar-refractivity contribution in [1.29, 1.82) is 0 Å². The van der Waals surface area contributed by atoms with Crippen molar-refractivity contribution >= 4 is 0 Å². The van der Waals surface area contributed by atoms with E-state index in [-0.39, 0.29) is 11.8 Å². The summed E-state index contributed by atoms with van der Waals surface area (Å²) in [7, 11) is 0. The third-order valence-electron chi connectivity index (χ3n) is 6.93. The van der Waals surface area contributed by atoms with Crippen LogP contribution in [0.1, 0.15) is 75.5 Å². The molecule has 2 aromatic rings. The molecule has 2 aliphatic carbocycles. The predicted octanol–water partition coefficient (Wildman–Crippen LogP) is 8.32. The molecule has 0 aromatic heterocycles. The first kappa shape index (κ1) is 25.6. The number of rotatable bonds is 5. The Morgan fingerprint density at radius 1 is 0.882 bits per heavy atom. The third-order valence-corrected chi connectivity index (χ3v) is 6.93. The molecule has 0 bridgehead atoms. The van der Waals surface area contributed by atoms with Crippen molar-refractivity contribution in [3.63, 3.8) is 0 Å². The number of benzene rings is 2. The molecule has 2 nitrogen and oxygen atoms in total. The Hall–Kier alpha value is -3.00. The zero-order chi connectivity index (χ0) is 24.7. The van der Waals surface area contributed by atoms with Crippen LogP contribution < -0.4 is 5.73 Å². The molecule has 0 spiro atoms. The first-order chi connectivity index (χ1) is 16.4. The van der Waals surface area contributed by atoms with E-state index in [2.05, 4.69) is 87.5 Å². The van der Waals surface area contributed by atoms with Gasteiger partial charge < -0.3 is 10.8 Å². The monoisotopic (exact) mass is 455 g/mol. The molecule has 2 aliphatic rings. The zero-order valence-electron chi connectivity index (χ0n) is 21.5. The fourth-order valence-corrected chi connectivity index (χ4v) is 5.37. The van der Waals surface area contributed by atoms with Gasteiger partial charge in [-0.05, 0) is 74.3 Å². The smallest absolute Gasteiger partial charge is 0.115 e. The van der Waals surface area contributed by atoms with Crippen LogP contribution in [0.15, 0.2) is 95.8 Å². The molecular formula is C32H41NO. The summed E-state index contributed by atoms with van der Waals surface area (Å²) in [6, 6.07) is 16.9. The van der Waals surface area contributed by atoms with Crippen molar-refractivity contribution in [2.75, 3.05) is 0 Å². The van der Waals surface area contributed by atoms with Crippen LogP contribution in [-0.4, -0.2) is 5.11 Å². The summed E-state index contributed by atoms with van der Waals surface area (Å²) in [5.41, 5.74) is 13.7. The van der Waals surface area contributed by atoms with Crippen LogP contribution in [0.25, 0.3) is 0 Å². The van der Waals surface area contributed by atoms with Gasteiger partial charge in [0.05, 0.1) is 0 Å². The molecule has 0 heterocycles. The minimum atomic E-state index is 0.227. The van der Waals surface area contributed by atoms with Gasteiger partial charge in [-0.1, -0.05) is 98.2 Å². The van der Waals surface area contributed by atoms with Crippen molar-refractivity contribution < 1.29 is 5.11 Å². The second-order valence-electron chi connectivity index (χ2n) is 9.74. The van der Waals surface area contributed by atoms with E-state index in [1.165, 1.54) is 27.8 Å². The van der Waals surface area contributed by atoms with E-state index >= 15 is 0 Å². The number of allylic oxidation sites excluding steroid dienone is 7. The van der Waals surface area contributed by atoms with Crippen molar-refractivity contribution in [2.45, 2.75) is 65.7 Å². The Bertz CT molecular complexity index is 1050. The minimum Gasteiger partial charge on any atom is -0.508 e. The maximum absolute atomic E-state index is 9.98. The highest BCUT2D eigenvalue weighted by Gasteiger charge is 2.34. The Labute approximate surface area is 206 Å². The molecule has 3 N–H and O–H groups in total. The molecule has 2 aromatic carbocycles. The lowest BCUT2D eigenvalue weighted by Gasteiger charge is -2.36. The van der Waals surface area contributed by atoms with Gasteiger partial charge in [-0.2, -0.15) is 0 Å². The lowest BCUT2D eigenvalue weighted by molar-refractivity contribution is 0.435. The first-order valence-electron chi connectivity index (χ1n) is 12.8. The largest absolute Gasteiger partial charge is 0.508 e. The minimum absolute atomic E-state index is 0.227. The van der Waals surface area contributed by atoms with E-state index in [4.69, 9.17) is 5.73 Å². The molecule has 0 aliphatic heterocycles. The lowest BCUT2D eigenvalue weighted by Crippen LogP contribution is -2.23. The molecule has 4 unspecified atom stereocenters. The Kier molecular flexibility index (Phi) is 8.98. The molecule has 34 heavy (non-hydrogen) atoms. The standard InChI is InChI=1S/C30H35NO.C2H6/c1-20-4-7-23(8-5-20)29(24-10-14-27(31)15-11-24)30(25-12-16-28(32)17-13-25)26-9-6-21(2)18-22(3)19-26;1-2/h4-10,12-17,22,24,29-30,32H,11,18-19,31H2,1-3H3;1-2H3. The number of hydrogen-bond acceptors (Lipinski definition) is 2. The molecule has 180 valence electrons. The van der Waals surface area contributed by atoms with Gasteiger partial charge in [-0.15, -0.1) is 0 Å². The highest BCUT2D eigenvalue weighted by Crippen LogP contribution is 2.48. The van der Waals surface area contributed by atoms with Gasteiger partial charge in [0.1, 0.15) is 5.75 Å². The normalized spacial score (nSPS) is 21.7. The molecule has 0 saturated carbocycles. The van der Waals surface area contributed by atoms with Gasteiger partial charge >= 0.3 is 0 Å². The SMILES string of the molecule is CC.CC1=CC=C(C(c2ccc(O)cc2)C(c2ccc(C)cc2)C2C=CC(N)=CC2)CC(C)C1. The van der Waals surface area contributed by atoms with Crippen molar-refractivity contribution in [1.82, 2.24) is 0 Å².